The highest BCUT2D eigenvalue weighted by Crippen LogP contribution is 2.32. The number of hydrogen-bond acceptors (Lipinski definition) is 6. The molecule has 6 heteroatoms. The van der Waals surface area contributed by atoms with Gasteiger partial charge in [-0.3, -0.25) is 0 Å². The number of nitrogens with zero attached hydrogens (tertiary/aromatic N) is 2. The molecule has 1 aliphatic carbocycles. The predicted octanol–water partition coefficient (Wildman–Crippen LogP) is 1.94. The molecule has 0 saturated heterocycles. The molecule has 1 aliphatic rings. The maximum absolute atomic E-state index is 5.59. The molecule has 0 saturated carbocycles. The van der Waals surface area contributed by atoms with Crippen LogP contribution in [0.3, 0.4) is 0 Å². The fourth-order valence-corrected chi connectivity index (χ4v) is 2.62. The van der Waals surface area contributed by atoms with E-state index in [-0.39, 0.29) is 0 Å². The Hall–Kier alpha value is -2.34. The van der Waals surface area contributed by atoms with Gasteiger partial charge in [-0.1, -0.05) is 0 Å². The molecule has 1 heterocycles. The van der Waals surface area contributed by atoms with Crippen molar-refractivity contribution in [1.29, 1.82) is 0 Å². The van der Waals surface area contributed by atoms with Crippen molar-refractivity contribution in [3.8, 4) is 22.9 Å². The first kappa shape index (κ1) is 13.6. The van der Waals surface area contributed by atoms with Gasteiger partial charge in [-0.2, -0.15) is 0 Å². The Bertz CT molecular complexity index is 651. The highest BCUT2D eigenvalue weighted by molar-refractivity contribution is 5.64. The molecule has 0 fully saturated rings. The number of aryl methyl sites for hydroxylation is 1. The van der Waals surface area contributed by atoms with E-state index in [9.17, 15) is 0 Å². The van der Waals surface area contributed by atoms with Crippen molar-refractivity contribution in [3.63, 3.8) is 0 Å². The van der Waals surface area contributed by atoms with Crippen LogP contribution in [0.25, 0.3) is 11.4 Å². The number of rotatable bonds is 4. The molecule has 2 aromatic rings. The first-order valence-corrected chi connectivity index (χ1v) is 6.85. The molecule has 3 rings (SSSR count). The van der Waals surface area contributed by atoms with Crippen molar-refractivity contribution < 1.29 is 9.47 Å². The fraction of sp³-hybridized carbons (Fsp3) is 0.333. The van der Waals surface area contributed by atoms with Crippen LogP contribution in [0.4, 0.5) is 5.82 Å². The normalized spacial score (nSPS) is 12.9. The van der Waals surface area contributed by atoms with E-state index in [0.717, 1.165) is 36.1 Å². The van der Waals surface area contributed by atoms with Gasteiger partial charge in [0.2, 0.25) is 0 Å². The first-order chi connectivity index (χ1) is 10.2. The van der Waals surface area contributed by atoms with Gasteiger partial charge in [0.05, 0.1) is 14.2 Å². The molecule has 0 atom stereocenters. The summed E-state index contributed by atoms with van der Waals surface area (Å²) in [4.78, 5) is 9.19. The quantitative estimate of drug-likeness (QED) is 0.660. The summed E-state index contributed by atoms with van der Waals surface area (Å²) in [7, 11) is 3.24. The molecule has 1 aromatic carbocycles. The Labute approximate surface area is 123 Å². The van der Waals surface area contributed by atoms with Gasteiger partial charge in [0.15, 0.2) is 5.82 Å². The highest BCUT2D eigenvalue weighted by Gasteiger charge is 2.20. The average Bonchev–Trinajstić information content (AvgIpc) is 3.01. The minimum Gasteiger partial charge on any atom is -0.497 e. The van der Waals surface area contributed by atoms with Gasteiger partial charge in [-0.25, -0.2) is 15.8 Å². The Balaban J connectivity index is 2.12. The van der Waals surface area contributed by atoms with Gasteiger partial charge >= 0.3 is 0 Å². The molecule has 110 valence electrons. The zero-order valence-electron chi connectivity index (χ0n) is 12.1. The number of methoxy groups -OCH3 is 2. The van der Waals surface area contributed by atoms with Crippen LogP contribution < -0.4 is 20.7 Å². The smallest absolute Gasteiger partial charge is 0.162 e. The molecule has 0 aliphatic heterocycles. The molecule has 0 radical (unpaired) electrons. The van der Waals surface area contributed by atoms with Crippen LogP contribution in [0.2, 0.25) is 0 Å². The van der Waals surface area contributed by atoms with Crippen molar-refractivity contribution in [2.75, 3.05) is 19.6 Å². The molecule has 21 heavy (non-hydrogen) atoms. The zero-order chi connectivity index (χ0) is 14.8. The molecule has 0 amide bonds. The summed E-state index contributed by atoms with van der Waals surface area (Å²) < 4.78 is 10.6. The number of anilines is 1. The summed E-state index contributed by atoms with van der Waals surface area (Å²) in [6.07, 6.45) is 3.01. The summed E-state index contributed by atoms with van der Waals surface area (Å²) in [6, 6.07) is 5.60. The molecule has 3 N–H and O–H groups in total. The number of benzene rings is 1. The van der Waals surface area contributed by atoms with E-state index in [1.165, 1.54) is 0 Å². The number of hydrogen-bond donors (Lipinski definition) is 2. The minimum atomic E-state index is 0.626. The number of fused-ring (bicyclic) bond motifs is 1. The summed E-state index contributed by atoms with van der Waals surface area (Å²) in [5, 5.41) is 0. The molecule has 6 nitrogen and oxygen atoms in total. The Morgan fingerprint density at radius 3 is 2.38 bits per heavy atom. The van der Waals surface area contributed by atoms with Crippen molar-refractivity contribution in [3.05, 3.63) is 29.5 Å². The van der Waals surface area contributed by atoms with Gasteiger partial charge in [-0.15, -0.1) is 0 Å². The van der Waals surface area contributed by atoms with Crippen LogP contribution >= 0.6 is 0 Å². The van der Waals surface area contributed by atoms with Crippen molar-refractivity contribution in [2.45, 2.75) is 19.3 Å². The fourth-order valence-electron chi connectivity index (χ4n) is 2.62. The van der Waals surface area contributed by atoms with E-state index in [1.54, 1.807) is 14.2 Å². The Kier molecular flexibility index (Phi) is 3.62. The van der Waals surface area contributed by atoms with Crippen LogP contribution in [0.15, 0.2) is 18.2 Å². The van der Waals surface area contributed by atoms with Gasteiger partial charge in [0.1, 0.15) is 17.3 Å². The lowest BCUT2D eigenvalue weighted by Crippen LogP contribution is -2.12. The Morgan fingerprint density at radius 1 is 1.05 bits per heavy atom. The standard InChI is InChI=1S/C15H18N4O2/c1-20-10-6-9(7-11(8-10)21-2)14-17-13-5-3-4-12(13)15(18-14)19-16/h6-8H,3-5,16H2,1-2H3,(H,17,18,19). The van der Waals surface area contributed by atoms with Gasteiger partial charge in [-0.05, 0) is 31.4 Å². The van der Waals surface area contributed by atoms with E-state index in [0.29, 0.717) is 23.1 Å². The molecular formula is C15H18N4O2. The monoisotopic (exact) mass is 286 g/mol. The van der Waals surface area contributed by atoms with Crippen LogP contribution in [-0.2, 0) is 12.8 Å². The number of nitrogens with one attached hydrogen (secondary N) is 1. The predicted molar refractivity (Wildman–Crippen MR) is 80.4 cm³/mol. The second kappa shape index (κ2) is 5.57. The third-order valence-electron chi connectivity index (χ3n) is 3.68. The second-order valence-electron chi connectivity index (χ2n) is 4.92. The number of ether oxygens (including phenoxy) is 2. The van der Waals surface area contributed by atoms with E-state index in [2.05, 4.69) is 15.4 Å². The van der Waals surface area contributed by atoms with Crippen LogP contribution in [0, 0.1) is 0 Å². The number of nitrogen functional groups attached to an aromatic ring is 1. The number of aromatic nitrogens is 2. The number of nitrogens with two attached hydrogens (primary N) is 1. The summed E-state index contributed by atoms with van der Waals surface area (Å²) in [5.41, 5.74) is 5.71. The summed E-state index contributed by atoms with van der Waals surface area (Å²) in [6.45, 7) is 0. The highest BCUT2D eigenvalue weighted by atomic mass is 16.5. The number of hydrazine groups is 1. The Morgan fingerprint density at radius 2 is 1.76 bits per heavy atom. The molecule has 0 unspecified atom stereocenters. The van der Waals surface area contributed by atoms with Gasteiger partial charge in [0, 0.05) is 22.9 Å². The zero-order valence-corrected chi connectivity index (χ0v) is 12.1. The lowest BCUT2D eigenvalue weighted by Gasteiger charge is -2.11. The first-order valence-electron chi connectivity index (χ1n) is 6.85. The van der Waals surface area contributed by atoms with Crippen molar-refractivity contribution >= 4 is 5.82 Å². The van der Waals surface area contributed by atoms with Crippen molar-refractivity contribution in [1.82, 2.24) is 9.97 Å². The van der Waals surface area contributed by atoms with Crippen LogP contribution in [0.5, 0.6) is 11.5 Å². The topological polar surface area (TPSA) is 82.3 Å². The summed E-state index contributed by atoms with van der Waals surface area (Å²) in [5.74, 6) is 8.33. The van der Waals surface area contributed by atoms with Gasteiger partial charge in [0.25, 0.3) is 0 Å². The molecule has 0 bridgehead atoms. The van der Waals surface area contributed by atoms with E-state index in [1.807, 2.05) is 18.2 Å². The van der Waals surface area contributed by atoms with Crippen LogP contribution in [-0.4, -0.2) is 24.2 Å². The second-order valence-corrected chi connectivity index (χ2v) is 4.92. The molecular weight excluding hydrogens is 268 g/mol. The SMILES string of the molecule is COc1cc(OC)cc(-c2nc3c(c(NN)n2)CCC3)c1. The molecule has 1 aromatic heterocycles. The lowest BCUT2D eigenvalue weighted by atomic mass is 10.1. The van der Waals surface area contributed by atoms with Crippen molar-refractivity contribution in [2.24, 2.45) is 5.84 Å². The third kappa shape index (κ3) is 2.50. The van der Waals surface area contributed by atoms with E-state index >= 15 is 0 Å². The molecule has 0 spiro atoms. The van der Waals surface area contributed by atoms with E-state index < -0.39 is 0 Å². The average molecular weight is 286 g/mol. The maximum atomic E-state index is 5.59. The largest absolute Gasteiger partial charge is 0.497 e. The maximum Gasteiger partial charge on any atom is 0.162 e. The third-order valence-corrected chi connectivity index (χ3v) is 3.68. The van der Waals surface area contributed by atoms with Gasteiger partial charge < -0.3 is 14.9 Å². The summed E-state index contributed by atoms with van der Waals surface area (Å²) >= 11 is 0. The lowest BCUT2D eigenvalue weighted by molar-refractivity contribution is 0.394. The minimum absolute atomic E-state index is 0.626. The van der Waals surface area contributed by atoms with Crippen LogP contribution in [0.1, 0.15) is 17.7 Å². The van der Waals surface area contributed by atoms with E-state index in [4.69, 9.17) is 15.3 Å².